The summed E-state index contributed by atoms with van der Waals surface area (Å²) in [6, 6.07) is -0.00883. The Labute approximate surface area is 97.0 Å². The number of carbonyl (C=O) groups excluding carboxylic acids is 1. The largest absolute Gasteiger partial charge is 0.386 e. The van der Waals surface area contributed by atoms with Crippen LogP contribution in [0.4, 0.5) is 0 Å². The van der Waals surface area contributed by atoms with Gasteiger partial charge in [-0.3, -0.25) is 4.79 Å². The number of hydrogen-bond acceptors (Lipinski definition) is 3. The molecule has 2 rings (SSSR count). The number of likely N-dealkylation sites (tertiary alicyclic amines) is 1. The van der Waals surface area contributed by atoms with Crippen LogP contribution in [0.25, 0.3) is 0 Å². The van der Waals surface area contributed by atoms with E-state index in [0.717, 1.165) is 19.4 Å². The second kappa shape index (κ2) is 4.34. The third-order valence-corrected chi connectivity index (χ3v) is 3.92. The summed E-state index contributed by atoms with van der Waals surface area (Å²) in [5, 5.41) is 13.3. The van der Waals surface area contributed by atoms with Gasteiger partial charge in [0.2, 0.25) is 5.91 Å². The van der Waals surface area contributed by atoms with E-state index >= 15 is 0 Å². The standard InChI is InChI=1S/C12H22N2O2/c1-9(2)12(16)7-14(8-12)11(15)10-5-3-4-6-13-10/h9-10,13,16H,3-8H2,1-2H3/t10-/m0/s1. The number of amides is 1. The van der Waals surface area contributed by atoms with Gasteiger partial charge in [-0.25, -0.2) is 0 Å². The molecule has 0 aromatic carbocycles. The van der Waals surface area contributed by atoms with Gasteiger partial charge >= 0.3 is 0 Å². The van der Waals surface area contributed by atoms with Gasteiger partial charge in [0.1, 0.15) is 5.60 Å². The summed E-state index contributed by atoms with van der Waals surface area (Å²) < 4.78 is 0. The average molecular weight is 226 g/mol. The molecule has 0 radical (unpaired) electrons. The summed E-state index contributed by atoms with van der Waals surface area (Å²) in [6.45, 7) is 5.95. The molecular weight excluding hydrogens is 204 g/mol. The molecule has 4 nitrogen and oxygen atoms in total. The van der Waals surface area contributed by atoms with Crippen molar-refractivity contribution in [3.63, 3.8) is 0 Å². The number of nitrogens with one attached hydrogen (secondary N) is 1. The van der Waals surface area contributed by atoms with Crippen LogP contribution < -0.4 is 5.32 Å². The molecule has 0 aromatic heterocycles. The number of carbonyl (C=O) groups is 1. The highest BCUT2D eigenvalue weighted by Gasteiger charge is 2.46. The minimum atomic E-state index is -0.648. The highest BCUT2D eigenvalue weighted by Crippen LogP contribution is 2.29. The van der Waals surface area contributed by atoms with Gasteiger partial charge < -0.3 is 15.3 Å². The molecule has 1 atom stereocenters. The highest BCUT2D eigenvalue weighted by atomic mass is 16.3. The Hall–Kier alpha value is -0.610. The molecule has 16 heavy (non-hydrogen) atoms. The third-order valence-electron chi connectivity index (χ3n) is 3.92. The van der Waals surface area contributed by atoms with Gasteiger partial charge in [0.25, 0.3) is 0 Å². The van der Waals surface area contributed by atoms with Gasteiger partial charge in [-0.15, -0.1) is 0 Å². The van der Waals surface area contributed by atoms with E-state index in [9.17, 15) is 9.90 Å². The molecule has 2 aliphatic heterocycles. The van der Waals surface area contributed by atoms with E-state index in [1.54, 1.807) is 4.90 Å². The quantitative estimate of drug-likeness (QED) is 0.715. The van der Waals surface area contributed by atoms with E-state index in [-0.39, 0.29) is 17.9 Å². The van der Waals surface area contributed by atoms with Crippen molar-refractivity contribution in [1.29, 1.82) is 0 Å². The summed E-state index contributed by atoms with van der Waals surface area (Å²) >= 11 is 0. The van der Waals surface area contributed by atoms with Crippen LogP contribution in [0.5, 0.6) is 0 Å². The fraction of sp³-hybridized carbons (Fsp3) is 0.917. The summed E-state index contributed by atoms with van der Waals surface area (Å²) in [6.07, 6.45) is 3.24. The molecular formula is C12H22N2O2. The van der Waals surface area contributed by atoms with Crippen LogP contribution in [0.1, 0.15) is 33.1 Å². The van der Waals surface area contributed by atoms with Crippen LogP contribution in [0.2, 0.25) is 0 Å². The SMILES string of the molecule is CC(C)C1(O)CN(C(=O)[C@@H]2CCCCN2)C1. The molecule has 1 amide bonds. The van der Waals surface area contributed by atoms with Crippen LogP contribution in [0.15, 0.2) is 0 Å². The van der Waals surface area contributed by atoms with Gasteiger partial charge in [0.15, 0.2) is 0 Å². The molecule has 0 saturated carbocycles. The van der Waals surface area contributed by atoms with E-state index in [1.807, 2.05) is 13.8 Å². The maximum atomic E-state index is 12.0. The summed E-state index contributed by atoms with van der Waals surface area (Å²) in [5.41, 5.74) is -0.648. The molecule has 2 heterocycles. The molecule has 0 aromatic rings. The predicted molar refractivity (Wildman–Crippen MR) is 62.0 cm³/mol. The van der Waals surface area contributed by atoms with Crippen molar-refractivity contribution >= 4 is 5.91 Å². The van der Waals surface area contributed by atoms with E-state index in [4.69, 9.17) is 0 Å². The van der Waals surface area contributed by atoms with E-state index in [0.29, 0.717) is 13.1 Å². The first-order chi connectivity index (χ1) is 7.53. The summed E-state index contributed by atoms with van der Waals surface area (Å²) in [4.78, 5) is 13.8. The zero-order chi connectivity index (χ0) is 11.8. The molecule has 0 aliphatic carbocycles. The fourth-order valence-electron chi connectivity index (χ4n) is 2.42. The van der Waals surface area contributed by atoms with E-state index in [2.05, 4.69) is 5.32 Å². The normalized spacial score (nSPS) is 29.0. The molecule has 0 unspecified atom stereocenters. The summed E-state index contributed by atoms with van der Waals surface area (Å²) in [7, 11) is 0. The van der Waals surface area contributed by atoms with Gasteiger partial charge in [0.05, 0.1) is 19.1 Å². The zero-order valence-corrected chi connectivity index (χ0v) is 10.2. The number of hydrogen-bond donors (Lipinski definition) is 2. The number of nitrogens with zero attached hydrogens (tertiary/aromatic N) is 1. The Morgan fingerprint density at radius 1 is 1.44 bits per heavy atom. The number of β-amino-alcohol motifs (C(OH)–C–C–N with tert-alkyl or cyclic N) is 1. The Morgan fingerprint density at radius 2 is 2.12 bits per heavy atom. The highest BCUT2D eigenvalue weighted by molar-refractivity contribution is 5.83. The Balaban J connectivity index is 1.84. The molecule has 2 fully saturated rings. The summed E-state index contributed by atoms with van der Waals surface area (Å²) in [5.74, 6) is 0.390. The van der Waals surface area contributed by atoms with E-state index in [1.165, 1.54) is 6.42 Å². The molecule has 2 aliphatic rings. The molecule has 0 spiro atoms. The van der Waals surface area contributed by atoms with Crippen molar-refractivity contribution < 1.29 is 9.90 Å². The first kappa shape index (κ1) is 11.9. The first-order valence-electron chi connectivity index (χ1n) is 6.27. The maximum absolute atomic E-state index is 12.0. The Bertz CT molecular complexity index is 266. The minimum Gasteiger partial charge on any atom is -0.386 e. The number of piperidine rings is 1. The number of aliphatic hydroxyl groups is 1. The van der Waals surface area contributed by atoms with Crippen molar-refractivity contribution in [1.82, 2.24) is 10.2 Å². The Morgan fingerprint density at radius 3 is 2.62 bits per heavy atom. The minimum absolute atomic E-state index is 0.00883. The van der Waals surface area contributed by atoms with E-state index < -0.39 is 5.60 Å². The lowest BCUT2D eigenvalue weighted by Crippen LogP contribution is -2.68. The molecule has 4 heteroatoms. The van der Waals surface area contributed by atoms with Gasteiger partial charge in [-0.1, -0.05) is 20.3 Å². The van der Waals surface area contributed by atoms with Crippen molar-refractivity contribution in [3.05, 3.63) is 0 Å². The number of rotatable bonds is 2. The van der Waals surface area contributed by atoms with Crippen molar-refractivity contribution in [2.75, 3.05) is 19.6 Å². The van der Waals surface area contributed by atoms with Crippen LogP contribution in [-0.2, 0) is 4.79 Å². The zero-order valence-electron chi connectivity index (χ0n) is 10.2. The van der Waals surface area contributed by atoms with Gasteiger partial charge in [0, 0.05) is 0 Å². The molecule has 2 N–H and O–H groups in total. The second-order valence-electron chi connectivity index (χ2n) is 5.46. The second-order valence-corrected chi connectivity index (χ2v) is 5.46. The molecule has 2 saturated heterocycles. The lowest BCUT2D eigenvalue weighted by Gasteiger charge is -2.50. The molecule has 0 bridgehead atoms. The fourth-order valence-corrected chi connectivity index (χ4v) is 2.42. The smallest absolute Gasteiger partial charge is 0.239 e. The van der Waals surface area contributed by atoms with Crippen molar-refractivity contribution in [2.24, 2.45) is 5.92 Å². The van der Waals surface area contributed by atoms with Gasteiger partial charge in [-0.05, 0) is 25.3 Å². The van der Waals surface area contributed by atoms with Crippen molar-refractivity contribution in [3.8, 4) is 0 Å². The van der Waals surface area contributed by atoms with Crippen molar-refractivity contribution in [2.45, 2.75) is 44.8 Å². The maximum Gasteiger partial charge on any atom is 0.239 e. The predicted octanol–water partition coefficient (Wildman–Crippen LogP) is 0.358. The third kappa shape index (κ3) is 2.09. The topological polar surface area (TPSA) is 52.6 Å². The monoisotopic (exact) mass is 226 g/mol. The lowest BCUT2D eigenvalue weighted by atomic mass is 9.82. The van der Waals surface area contributed by atoms with Crippen LogP contribution in [0, 0.1) is 5.92 Å². The van der Waals surface area contributed by atoms with Gasteiger partial charge in [-0.2, -0.15) is 0 Å². The lowest BCUT2D eigenvalue weighted by molar-refractivity contribution is -0.166. The van der Waals surface area contributed by atoms with Crippen LogP contribution in [0.3, 0.4) is 0 Å². The first-order valence-corrected chi connectivity index (χ1v) is 6.27. The Kier molecular flexibility index (Phi) is 3.22. The van der Waals surface area contributed by atoms with Crippen LogP contribution in [-0.4, -0.2) is 47.2 Å². The average Bonchev–Trinajstić information content (AvgIpc) is 2.25. The molecule has 92 valence electrons. The van der Waals surface area contributed by atoms with Crippen LogP contribution >= 0.6 is 0 Å².